The number of carbonyl (C=O) groups is 1. The summed E-state index contributed by atoms with van der Waals surface area (Å²) < 4.78 is 34.3. The van der Waals surface area contributed by atoms with E-state index in [-0.39, 0.29) is 18.9 Å². The summed E-state index contributed by atoms with van der Waals surface area (Å²) in [6, 6.07) is -0.977. The van der Waals surface area contributed by atoms with Crippen molar-refractivity contribution in [3.05, 3.63) is 60.8 Å². The lowest BCUT2D eigenvalue weighted by Gasteiger charge is -2.48. The first-order chi connectivity index (χ1) is 39.8. The Morgan fingerprint density at radius 1 is 0.451 bits per heavy atom. The van der Waals surface area contributed by atoms with Gasteiger partial charge in [0.25, 0.3) is 0 Å². The molecule has 82 heavy (non-hydrogen) atoms. The molecule has 19 nitrogen and oxygen atoms in total. The molecule has 3 rings (SSSR count). The van der Waals surface area contributed by atoms with Crippen LogP contribution in [-0.4, -0.2) is 193 Å². The molecule has 476 valence electrons. The van der Waals surface area contributed by atoms with Crippen LogP contribution in [0.4, 0.5) is 0 Å². The molecule has 12 N–H and O–H groups in total. The van der Waals surface area contributed by atoms with Crippen molar-refractivity contribution in [3.8, 4) is 0 Å². The fourth-order valence-electron chi connectivity index (χ4n) is 10.4. The van der Waals surface area contributed by atoms with Gasteiger partial charge in [0, 0.05) is 6.42 Å². The van der Waals surface area contributed by atoms with E-state index in [1.54, 1.807) is 6.08 Å². The minimum atomic E-state index is -1.98. The molecular weight excluding hydrogens is 1060 g/mol. The number of nitrogens with one attached hydrogen (secondary N) is 1. The number of carbonyl (C=O) groups excluding carboxylic acids is 1. The van der Waals surface area contributed by atoms with Crippen LogP contribution in [0.3, 0.4) is 0 Å². The third-order valence-corrected chi connectivity index (χ3v) is 15.6. The molecule has 17 unspecified atom stereocenters. The molecule has 0 spiro atoms. The van der Waals surface area contributed by atoms with E-state index in [0.717, 1.165) is 83.5 Å². The highest BCUT2D eigenvalue weighted by Crippen LogP contribution is 2.33. The van der Waals surface area contributed by atoms with Crippen molar-refractivity contribution < 1.29 is 89.4 Å². The lowest BCUT2D eigenvalue weighted by Crippen LogP contribution is -2.66. The molecule has 0 aromatic carbocycles. The summed E-state index contributed by atoms with van der Waals surface area (Å²) in [7, 11) is 0. The van der Waals surface area contributed by atoms with Gasteiger partial charge >= 0.3 is 0 Å². The highest BCUT2D eigenvalue weighted by Gasteiger charge is 2.53. The maximum Gasteiger partial charge on any atom is 0.220 e. The Balaban J connectivity index is 1.47. The first kappa shape index (κ1) is 73.7. The maximum atomic E-state index is 13.4. The van der Waals surface area contributed by atoms with E-state index in [1.807, 2.05) is 6.08 Å². The molecule has 0 radical (unpaired) electrons. The van der Waals surface area contributed by atoms with E-state index >= 15 is 0 Å². The third kappa shape index (κ3) is 28.8. The average molecular weight is 1170 g/mol. The lowest BCUT2D eigenvalue weighted by molar-refractivity contribution is -0.379. The summed E-state index contributed by atoms with van der Waals surface area (Å²) in [5.41, 5.74) is 0. The quantitative estimate of drug-likeness (QED) is 0.0231. The Kier molecular flexibility index (Phi) is 41.2. The van der Waals surface area contributed by atoms with Crippen LogP contribution in [0.5, 0.6) is 0 Å². The molecule has 3 saturated heterocycles. The number of amides is 1. The second-order valence-corrected chi connectivity index (χ2v) is 22.5. The van der Waals surface area contributed by atoms with Crippen molar-refractivity contribution in [1.29, 1.82) is 0 Å². The number of hydrogen-bond donors (Lipinski definition) is 12. The van der Waals surface area contributed by atoms with E-state index in [9.17, 15) is 61.0 Å². The van der Waals surface area contributed by atoms with Crippen molar-refractivity contribution in [3.63, 3.8) is 0 Å². The molecule has 3 aliphatic heterocycles. The van der Waals surface area contributed by atoms with Crippen LogP contribution in [-0.2, 0) is 33.2 Å². The van der Waals surface area contributed by atoms with E-state index in [4.69, 9.17) is 28.4 Å². The van der Waals surface area contributed by atoms with Crippen molar-refractivity contribution in [2.24, 2.45) is 0 Å². The minimum Gasteiger partial charge on any atom is -0.394 e. The van der Waals surface area contributed by atoms with Gasteiger partial charge in [-0.15, -0.1) is 0 Å². The minimum absolute atomic E-state index is 0.236. The highest BCUT2D eigenvalue weighted by molar-refractivity contribution is 5.76. The van der Waals surface area contributed by atoms with Crippen molar-refractivity contribution >= 4 is 5.91 Å². The van der Waals surface area contributed by atoms with Crippen LogP contribution >= 0.6 is 0 Å². The number of aliphatic hydroxyl groups is 11. The largest absolute Gasteiger partial charge is 0.394 e. The van der Waals surface area contributed by atoms with E-state index in [2.05, 4.69) is 67.8 Å². The number of ether oxygens (including phenoxy) is 6. The first-order valence-corrected chi connectivity index (χ1v) is 31.5. The van der Waals surface area contributed by atoms with Crippen LogP contribution in [0.15, 0.2) is 60.8 Å². The zero-order chi connectivity index (χ0) is 59.7. The Bertz CT molecular complexity index is 1730. The van der Waals surface area contributed by atoms with Crippen molar-refractivity contribution in [2.45, 2.75) is 304 Å². The van der Waals surface area contributed by atoms with Crippen LogP contribution in [0.1, 0.15) is 200 Å². The Morgan fingerprint density at radius 2 is 0.841 bits per heavy atom. The van der Waals surface area contributed by atoms with E-state index in [1.165, 1.54) is 89.9 Å². The monoisotopic (exact) mass is 1170 g/mol. The summed E-state index contributed by atoms with van der Waals surface area (Å²) in [6.45, 7) is 1.60. The molecule has 19 heteroatoms. The number of hydrogen-bond acceptors (Lipinski definition) is 18. The number of unbranched alkanes of at least 4 members (excludes halogenated alkanes) is 22. The Labute approximate surface area is 490 Å². The van der Waals surface area contributed by atoms with Gasteiger partial charge in [0.05, 0.1) is 38.6 Å². The van der Waals surface area contributed by atoms with Gasteiger partial charge in [-0.1, -0.05) is 197 Å². The predicted octanol–water partition coefficient (Wildman–Crippen LogP) is 6.43. The van der Waals surface area contributed by atoms with Gasteiger partial charge in [0.1, 0.15) is 73.2 Å². The molecule has 0 aromatic rings. The fourth-order valence-corrected chi connectivity index (χ4v) is 10.4. The molecule has 3 fully saturated rings. The van der Waals surface area contributed by atoms with Crippen LogP contribution in [0.2, 0.25) is 0 Å². The molecule has 3 heterocycles. The smallest absolute Gasteiger partial charge is 0.220 e. The third-order valence-electron chi connectivity index (χ3n) is 15.6. The molecule has 3 aliphatic rings. The van der Waals surface area contributed by atoms with Crippen molar-refractivity contribution in [1.82, 2.24) is 5.32 Å². The van der Waals surface area contributed by atoms with Crippen LogP contribution in [0, 0.1) is 0 Å². The Hall–Kier alpha value is -2.51. The molecule has 0 bridgehead atoms. The number of allylic oxidation sites excluding steroid dienone is 9. The van der Waals surface area contributed by atoms with E-state index in [0.29, 0.717) is 6.42 Å². The standard InChI is InChI=1S/C63H111NO18/c1-3-5-7-9-11-13-15-17-19-20-21-22-23-24-25-26-27-29-31-33-35-37-39-41-51(69)64-46(47(68)40-38-36-34-32-30-28-18-16-14-12-10-8-6-4-2)45-77-61-57(75)54(72)59(49(43-66)79-61)82-63-58(76)55(73)60(50(44-67)80-63)81-62-56(74)53(71)52(70)48(42-65)78-62/h5,7,11,13,17,19,21-22,38,40,46-50,52-63,65-68,70-76H,3-4,6,8-10,12,14-16,18,20,23-37,39,41-45H2,1-2H3,(H,64,69)/b7-5-,13-11-,19-17-,22-21-,40-38+. The summed E-state index contributed by atoms with van der Waals surface area (Å²) in [5.74, 6) is -0.283. The highest BCUT2D eigenvalue weighted by atomic mass is 16.8. The van der Waals surface area contributed by atoms with Gasteiger partial charge in [0.2, 0.25) is 5.91 Å². The summed E-state index contributed by atoms with van der Waals surface area (Å²) in [6.07, 6.45) is 26.2. The van der Waals surface area contributed by atoms with Gasteiger partial charge in [0.15, 0.2) is 18.9 Å². The van der Waals surface area contributed by atoms with Gasteiger partial charge in [-0.05, 0) is 57.8 Å². The SMILES string of the molecule is CC/C=C\C/C=C\C/C=C\C/C=C\CCCCCCCCCCCCC(=O)NC(COC1OC(CO)C(OC2OC(CO)C(OC3OC(CO)C(O)C(O)C3O)C(O)C2O)C(O)C1O)C(O)/C=C/CCCCCCCCCCCCCC. The molecule has 0 aliphatic carbocycles. The predicted molar refractivity (Wildman–Crippen MR) is 314 cm³/mol. The second kappa shape index (κ2) is 45.8. The average Bonchev–Trinajstić information content (AvgIpc) is 3.14. The molecule has 1 amide bonds. The maximum absolute atomic E-state index is 13.4. The summed E-state index contributed by atoms with van der Waals surface area (Å²) in [4.78, 5) is 13.4. The molecular formula is C63H111NO18. The van der Waals surface area contributed by atoms with Crippen molar-refractivity contribution in [2.75, 3.05) is 26.4 Å². The second-order valence-electron chi connectivity index (χ2n) is 22.5. The van der Waals surface area contributed by atoms with Gasteiger partial charge < -0.3 is 89.9 Å². The topological polar surface area (TPSA) is 307 Å². The molecule has 0 aromatic heterocycles. The van der Waals surface area contributed by atoms with Crippen LogP contribution < -0.4 is 5.32 Å². The fraction of sp³-hybridized carbons (Fsp3) is 0.825. The van der Waals surface area contributed by atoms with E-state index < -0.39 is 124 Å². The zero-order valence-corrected chi connectivity index (χ0v) is 49.7. The van der Waals surface area contributed by atoms with Crippen LogP contribution in [0.25, 0.3) is 0 Å². The molecule has 0 saturated carbocycles. The zero-order valence-electron chi connectivity index (χ0n) is 49.7. The lowest BCUT2D eigenvalue weighted by atomic mass is 9.96. The molecule has 17 atom stereocenters. The van der Waals surface area contributed by atoms with Gasteiger partial charge in [-0.25, -0.2) is 0 Å². The first-order valence-electron chi connectivity index (χ1n) is 31.5. The number of rotatable bonds is 46. The van der Waals surface area contributed by atoms with Gasteiger partial charge in [-0.3, -0.25) is 4.79 Å². The number of aliphatic hydroxyl groups excluding tert-OH is 11. The summed E-state index contributed by atoms with van der Waals surface area (Å²) >= 11 is 0. The normalized spacial score (nSPS) is 30.0. The Morgan fingerprint density at radius 3 is 1.32 bits per heavy atom. The summed E-state index contributed by atoms with van der Waals surface area (Å²) in [5, 5.41) is 120. The van der Waals surface area contributed by atoms with Gasteiger partial charge in [-0.2, -0.15) is 0 Å².